The molecule has 1 aliphatic rings. The van der Waals surface area contributed by atoms with Crippen LogP contribution in [0.15, 0.2) is 52.4 Å². The molecule has 0 aliphatic heterocycles. The molecule has 0 bridgehead atoms. The largest absolute Gasteiger partial charge is 0.385 e. The molecule has 2 aromatic carbocycles. The van der Waals surface area contributed by atoms with Crippen LogP contribution in [0.25, 0.3) is 16.7 Å². The fourth-order valence-electron chi connectivity index (χ4n) is 4.55. The Hall–Kier alpha value is -2.97. The summed E-state index contributed by atoms with van der Waals surface area (Å²) in [4.78, 5) is 26.4. The molecule has 7 nitrogen and oxygen atoms in total. The fourth-order valence-corrected chi connectivity index (χ4v) is 5.48. The number of hydrogen-bond donors (Lipinski definition) is 0. The minimum Gasteiger partial charge on any atom is -0.385 e. The molecule has 0 N–H and O–H groups in total. The van der Waals surface area contributed by atoms with Crippen molar-refractivity contribution in [1.82, 2.24) is 19.2 Å². The molecule has 1 atom stereocenters. The number of aryl methyl sites for hydroxylation is 3. The highest BCUT2D eigenvalue weighted by Crippen LogP contribution is 2.29. The number of nitrogens with zero attached hydrogens (tertiary/aromatic N) is 4. The first-order chi connectivity index (χ1) is 16.1. The van der Waals surface area contributed by atoms with Gasteiger partial charge >= 0.3 is 0 Å². The van der Waals surface area contributed by atoms with Crippen molar-refractivity contribution in [3.63, 3.8) is 0 Å². The summed E-state index contributed by atoms with van der Waals surface area (Å²) >= 11 is 1.37. The molecule has 1 unspecified atom stereocenters. The summed E-state index contributed by atoms with van der Waals surface area (Å²) in [6.07, 6.45) is 3.98. The van der Waals surface area contributed by atoms with E-state index < -0.39 is 0 Å². The quantitative estimate of drug-likeness (QED) is 0.224. The summed E-state index contributed by atoms with van der Waals surface area (Å²) in [5, 5.41) is 9.58. The SMILES string of the molecule is COCCCn1c(=O)c2ccccc2n2c(SC(C)C(=O)c3ccc4c(c3)CCC4)nnc12. The molecule has 0 saturated heterocycles. The molecule has 0 amide bonds. The maximum absolute atomic E-state index is 13.2. The smallest absolute Gasteiger partial charge is 0.262 e. The zero-order chi connectivity index (χ0) is 22.9. The number of thioether (sulfide) groups is 1. The summed E-state index contributed by atoms with van der Waals surface area (Å²) in [7, 11) is 1.64. The third-order valence-corrected chi connectivity index (χ3v) is 7.29. The third-order valence-electron chi connectivity index (χ3n) is 6.24. The molecule has 0 fully saturated rings. The van der Waals surface area contributed by atoms with Crippen molar-refractivity contribution in [3.8, 4) is 0 Å². The first-order valence-corrected chi connectivity index (χ1v) is 12.1. The van der Waals surface area contributed by atoms with Crippen LogP contribution in [0.2, 0.25) is 0 Å². The molecule has 4 aromatic rings. The molecule has 2 aromatic heterocycles. The van der Waals surface area contributed by atoms with Crippen LogP contribution < -0.4 is 5.56 Å². The van der Waals surface area contributed by atoms with Crippen molar-refractivity contribution in [2.45, 2.75) is 49.6 Å². The summed E-state index contributed by atoms with van der Waals surface area (Å²) in [6.45, 7) is 2.93. The second-order valence-corrected chi connectivity index (χ2v) is 9.71. The van der Waals surface area contributed by atoms with Crippen molar-refractivity contribution in [1.29, 1.82) is 0 Å². The van der Waals surface area contributed by atoms with Crippen LogP contribution in [0, 0.1) is 0 Å². The van der Waals surface area contributed by atoms with E-state index in [4.69, 9.17) is 4.74 Å². The first kappa shape index (κ1) is 21.9. The molecule has 0 spiro atoms. The number of benzene rings is 2. The molecular formula is C25H26N4O3S. The number of fused-ring (bicyclic) bond motifs is 4. The van der Waals surface area contributed by atoms with Crippen LogP contribution in [-0.4, -0.2) is 43.9 Å². The summed E-state index contributed by atoms with van der Waals surface area (Å²) in [6, 6.07) is 13.5. The molecule has 33 heavy (non-hydrogen) atoms. The molecule has 5 rings (SSSR count). The van der Waals surface area contributed by atoms with Crippen LogP contribution in [0.1, 0.15) is 41.3 Å². The minimum atomic E-state index is -0.343. The first-order valence-electron chi connectivity index (χ1n) is 11.3. The van der Waals surface area contributed by atoms with Gasteiger partial charge in [-0.3, -0.25) is 18.6 Å². The number of rotatable bonds is 8. The number of carbonyl (C=O) groups is 1. The van der Waals surface area contributed by atoms with Gasteiger partial charge in [-0.2, -0.15) is 0 Å². The minimum absolute atomic E-state index is 0.0733. The third kappa shape index (κ3) is 3.98. The Morgan fingerprint density at radius 3 is 2.82 bits per heavy atom. The predicted octanol–water partition coefficient (Wildman–Crippen LogP) is 3.93. The maximum atomic E-state index is 13.2. The Bertz CT molecular complexity index is 1410. The van der Waals surface area contributed by atoms with Crippen LogP contribution in [0.5, 0.6) is 0 Å². The average Bonchev–Trinajstić information content (AvgIpc) is 3.47. The number of aromatic nitrogens is 4. The van der Waals surface area contributed by atoms with E-state index in [1.165, 1.54) is 22.9 Å². The molecule has 2 heterocycles. The van der Waals surface area contributed by atoms with Crippen LogP contribution in [0.3, 0.4) is 0 Å². The second-order valence-electron chi connectivity index (χ2n) is 8.40. The lowest BCUT2D eigenvalue weighted by Gasteiger charge is -2.13. The number of Topliss-reactive ketones (excluding diaryl/α,β-unsaturated/α-hetero) is 1. The molecular weight excluding hydrogens is 436 g/mol. The van der Waals surface area contributed by atoms with Gasteiger partial charge in [0.05, 0.1) is 16.2 Å². The van der Waals surface area contributed by atoms with Gasteiger partial charge in [-0.15, -0.1) is 10.2 Å². The Labute approximate surface area is 195 Å². The van der Waals surface area contributed by atoms with Gasteiger partial charge in [-0.1, -0.05) is 36.0 Å². The van der Waals surface area contributed by atoms with Crippen molar-refractivity contribution in [2.75, 3.05) is 13.7 Å². The summed E-state index contributed by atoms with van der Waals surface area (Å²) in [5.74, 6) is 0.554. The van der Waals surface area contributed by atoms with E-state index in [0.717, 1.165) is 30.3 Å². The van der Waals surface area contributed by atoms with Gasteiger partial charge in [0.25, 0.3) is 5.56 Å². The van der Waals surface area contributed by atoms with E-state index in [2.05, 4.69) is 16.3 Å². The van der Waals surface area contributed by atoms with Gasteiger partial charge in [0.2, 0.25) is 5.78 Å². The van der Waals surface area contributed by atoms with Crippen LogP contribution >= 0.6 is 11.8 Å². The fraction of sp³-hybridized carbons (Fsp3) is 0.360. The number of ketones is 1. The number of methoxy groups -OCH3 is 1. The van der Waals surface area contributed by atoms with E-state index in [9.17, 15) is 9.59 Å². The molecule has 8 heteroatoms. The van der Waals surface area contributed by atoms with Gasteiger partial charge in [-0.05, 0) is 61.9 Å². The average molecular weight is 463 g/mol. The molecule has 1 aliphatic carbocycles. The number of ether oxygens (including phenoxy) is 1. The van der Waals surface area contributed by atoms with E-state index in [1.54, 1.807) is 11.7 Å². The Morgan fingerprint density at radius 1 is 1.15 bits per heavy atom. The summed E-state index contributed by atoms with van der Waals surface area (Å²) in [5.41, 5.74) is 4.03. The summed E-state index contributed by atoms with van der Waals surface area (Å²) < 4.78 is 8.69. The Morgan fingerprint density at radius 2 is 1.97 bits per heavy atom. The topological polar surface area (TPSA) is 78.5 Å². The van der Waals surface area contributed by atoms with E-state index in [0.29, 0.717) is 35.9 Å². The van der Waals surface area contributed by atoms with Crippen molar-refractivity contribution in [2.24, 2.45) is 0 Å². The molecule has 0 saturated carbocycles. The van der Waals surface area contributed by atoms with Gasteiger partial charge in [0.1, 0.15) is 0 Å². The Kier molecular flexibility index (Phi) is 6.03. The standard InChI is InChI=1S/C25H26N4O3S/c1-16(22(30)19-12-11-17-7-5-8-18(17)15-19)33-25-27-26-24-28(13-6-14-32-2)23(31)20-9-3-4-10-21(20)29(24)25/h3-4,9-12,15-16H,5-8,13-14H2,1-2H3. The number of para-hydroxylation sites is 1. The van der Waals surface area contributed by atoms with E-state index >= 15 is 0 Å². The van der Waals surface area contributed by atoms with Gasteiger partial charge in [-0.25, -0.2) is 0 Å². The lowest BCUT2D eigenvalue weighted by molar-refractivity contribution is 0.0993. The van der Waals surface area contributed by atoms with Crippen LogP contribution in [0.4, 0.5) is 0 Å². The number of hydrogen-bond acceptors (Lipinski definition) is 6. The van der Waals surface area contributed by atoms with Crippen molar-refractivity contribution in [3.05, 3.63) is 69.5 Å². The highest BCUT2D eigenvalue weighted by molar-refractivity contribution is 8.00. The highest BCUT2D eigenvalue weighted by atomic mass is 32.2. The van der Waals surface area contributed by atoms with Gasteiger partial charge < -0.3 is 4.74 Å². The monoisotopic (exact) mass is 462 g/mol. The number of carbonyl (C=O) groups excluding carboxylic acids is 1. The van der Waals surface area contributed by atoms with E-state index in [-0.39, 0.29) is 16.6 Å². The highest BCUT2D eigenvalue weighted by Gasteiger charge is 2.23. The van der Waals surface area contributed by atoms with Crippen molar-refractivity contribution < 1.29 is 9.53 Å². The predicted molar refractivity (Wildman–Crippen MR) is 129 cm³/mol. The van der Waals surface area contributed by atoms with Gasteiger partial charge in [0, 0.05) is 25.8 Å². The van der Waals surface area contributed by atoms with E-state index in [1.807, 2.05) is 47.7 Å². The maximum Gasteiger partial charge on any atom is 0.262 e. The second kappa shape index (κ2) is 9.11. The lowest BCUT2D eigenvalue weighted by atomic mass is 10.0. The molecule has 170 valence electrons. The zero-order valence-corrected chi connectivity index (χ0v) is 19.6. The van der Waals surface area contributed by atoms with Gasteiger partial charge in [0.15, 0.2) is 10.9 Å². The Balaban J connectivity index is 1.52. The normalized spacial score (nSPS) is 14.1. The molecule has 0 radical (unpaired) electrons. The lowest BCUT2D eigenvalue weighted by Crippen LogP contribution is -2.24. The van der Waals surface area contributed by atoms with Crippen LogP contribution in [-0.2, 0) is 24.1 Å². The zero-order valence-electron chi connectivity index (χ0n) is 18.8. The van der Waals surface area contributed by atoms with Crippen molar-refractivity contribution >= 4 is 34.2 Å².